The fourth-order valence-corrected chi connectivity index (χ4v) is 3.25. The number of nitrogens with zero attached hydrogens (tertiary/aromatic N) is 1. The zero-order valence-corrected chi connectivity index (χ0v) is 13.9. The Hall–Kier alpha value is -0.810. The number of piperidine rings is 2. The van der Waals surface area contributed by atoms with Crippen LogP contribution in [0, 0.1) is 11.3 Å². The normalized spacial score (nSPS) is 26.9. The van der Waals surface area contributed by atoms with Crippen LogP contribution in [0.5, 0.6) is 0 Å². The van der Waals surface area contributed by atoms with Crippen LogP contribution in [0.3, 0.4) is 0 Å². The molecule has 2 N–H and O–H groups in total. The Morgan fingerprint density at radius 1 is 1.33 bits per heavy atom. The molecule has 1 unspecified atom stereocenters. The molecule has 0 bridgehead atoms. The summed E-state index contributed by atoms with van der Waals surface area (Å²) in [5.41, 5.74) is -0.220. The number of hydrogen-bond donors (Lipinski definition) is 2. The molecule has 0 spiro atoms. The van der Waals surface area contributed by atoms with Gasteiger partial charge in [0.2, 0.25) is 11.8 Å². The lowest BCUT2D eigenvalue weighted by Crippen LogP contribution is -2.52. The molecule has 2 aliphatic heterocycles. The maximum atomic E-state index is 12.7. The lowest BCUT2D eigenvalue weighted by Gasteiger charge is -2.40. The molecule has 2 saturated heterocycles. The van der Waals surface area contributed by atoms with Gasteiger partial charge in [-0.1, -0.05) is 0 Å². The van der Waals surface area contributed by atoms with Crippen molar-refractivity contribution in [2.45, 2.75) is 39.5 Å². The molecule has 2 amide bonds. The highest BCUT2D eigenvalue weighted by atomic mass is 35.5. The third-order valence-corrected chi connectivity index (χ3v) is 4.66. The van der Waals surface area contributed by atoms with Crippen molar-refractivity contribution in [3.8, 4) is 0 Å². The van der Waals surface area contributed by atoms with Crippen LogP contribution in [0.2, 0.25) is 0 Å². The summed E-state index contributed by atoms with van der Waals surface area (Å²) in [7, 11) is 0. The molecule has 2 aliphatic rings. The first kappa shape index (κ1) is 18.2. The van der Waals surface area contributed by atoms with E-state index in [4.69, 9.17) is 0 Å². The Morgan fingerprint density at radius 3 is 2.52 bits per heavy atom. The Morgan fingerprint density at radius 2 is 2.00 bits per heavy atom. The molecule has 6 heteroatoms. The number of halogens is 1. The molecular formula is C15H28ClN3O2. The van der Waals surface area contributed by atoms with Gasteiger partial charge in [-0.3, -0.25) is 9.59 Å². The molecule has 1 atom stereocenters. The van der Waals surface area contributed by atoms with Crippen molar-refractivity contribution in [2.24, 2.45) is 11.3 Å². The molecule has 2 heterocycles. The fourth-order valence-electron chi connectivity index (χ4n) is 3.25. The predicted molar refractivity (Wildman–Crippen MR) is 85.4 cm³/mol. The zero-order chi connectivity index (χ0) is 14.6. The van der Waals surface area contributed by atoms with Gasteiger partial charge in [0.1, 0.15) is 0 Å². The number of carbonyl (C=O) groups excluding carboxylic acids is 2. The molecule has 122 valence electrons. The van der Waals surface area contributed by atoms with Crippen molar-refractivity contribution in [2.75, 3.05) is 32.7 Å². The van der Waals surface area contributed by atoms with Crippen LogP contribution in [-0.4, -0.2) is 49.4 Å². The lowest BCUT2D eigenvalue weighted by atomic mass is 9.80. The van der Waals surface area contributed by atoms with E-state index < -0.39 is 0 Å². The Kier molecular flexibility index (Phi) is 6.94. The van der Waals surface area contributed by atoms with Gasteiger partial charge in [0.05, 0.1) is 5.41 Å². The number of hydrogen-bond acceptors (Lipinski definition) is 3. The van der Waals surface area contributed by atoms with Crippen molar-refractivity contribution >= 4 is 24.2 Å². The van der Waals surface area contributed by atoms with Crippen molar-refractivity contribution in [3.05, 3.63) is 0 Å². The van der Waals surface area contributed by atoms with Crippen molar-refractivity contribution in [3.63, 3.8) is 0 Å². The molecular weight excluding hydrogens is 290 g/mol. The smallest absolute Gasteiger partial charge is 0.229 e. The van der Waals surface area contributed by atoms with E-state index in [1.807, 2.05) is 4.90 Å². The van der Waals surface area contributed by atoms with Gasteiger partial charge in [-0.2, -0.15) is 0 Å². The van der Waals surface area contributed by atoms with Crippen molar-refractivity contribution in [1.29, 1.82) is 0 Å². The molecule has 0 aliphatic carbocycles. The minimum atomic E-state index is -0.220. The molecule has 0 saturated carbocycles. The summed E-state index contributed by atoms with van der Waals surface area (Å²) in [6, 6.07) is 0. The highest BCUT2D eigenvalue weighted by Gasteiger charge is 2.38. The van der Waals surface area contributed by atoms with Crippen LogP contribution in [0.25, 0.3) is 0 Å². The molecule has 21 heavy (non-hydrogen) atoms. The Balaban J connectivity index is 0.00000220. The van der Waals surface area contributed by atoms with E-state index in [2.05, 4.69) is 17.6 Å². The lowest BCUT2D eigenvalue weighted by molar-refractivity contribution is -0.143. The number of nitrogens with one attached hydrogen (secondary N) is 2. The second-order valence-electron chi connectivity index (χ2n) is 6.51. The molecule has 0 aromatic rings. The average Bonchev–Trinajstić information content (AvgIpc) is 2.45. The van der Waals surface area contributed by atoms with Gasteiger partial charge in [0, 0.05) is 33.1 Å². The molecule has 2 rings (SSSR count). The summed E-state index contributed by atoms with van der Waals surface area (Å²) in [6.45, 7) is 7.88. The third kappa shape index (κ3) is 4.85. The first-order valence-corrected chi connectivity index (χ1v) is 7.76. The number of amides is 2. The maximum absolute atomic E-state index is 12.7. The van der Waals surface area contributed by atoms with Crippen molar-refractivity contribution in [1.82, 2.24) is 15.5 Å². The fraction of sp³-hybridized carbons (Fsp3) is 0.867. The monoisotopic (exact) mass is 317 g/mol. The molecule has 0 radical (unpaired) electrons. The van der Waals surface area contributed by atoms with Gasteiger partial charge in [0.15, 0.2) is 0 Å². The van der Waals surface area contributed by atoms with E-state index in [1.165, 1.54) is 0 Å². The summed E-state index contributed by atoms with van der Waals surface area (Å²) in [4.78, 5) is 25.6. The summed E-state index contributed by atoms with van der Waals surface area (Å²) >= 11 is 0. The summed E-state index contributed by atoms with van der Waals surface area (Å²) in [5, 5.41) is 6.22. The minimum absolute atomic E-state index is 0. The second-order valence-corrected chi connectivity index (χ2v) is 6.51. The Bertz CT molecular complexity index is 362. The standard InChI is InChI=1S/C15H27N3O2.ClH/c1-12(19)17-10-13-4-8-18(9-5-13)14(20)15(2)6-3-7-16-11-15;/h13,16H,3-11H2,1-2H3,(H,17,19);1H. The topological polar surface area (TPSA) is 61.4 Å². The molecule has 5 nitrogen and oxygen atoms in total. The average molecular weight is 318 g/mol. The van der Waals surface area contributed by atoms with E-state index in [1.54, 1.807) is 6.92 Å². The van der Waals surface area contributed by atoms with Gasteiger partial charge in [0.25, 0.3) is 0 Å². The van der Waals surface area contributed by atoms with E-state index >= 15 is 0 Å². The summed E-state index contributed by atoms with van der Waals surface area (Å²) < 4.78 is 0. The second kappa shape index (κ2) is 7.99. The maximum Gasteiger partial charge on any atom is 0.229 e. The van der Waals surface area contributed by atoms with Crippen molar-refractivity contribution < 1.29 is 9.59 Å². The summed E-state index contributed by atoms with van der Waals surface area (Å²) in [6.07, 6.45) is 4.07. The van der Waals surface area contributed by atoms with Crippen LogP contribution >= 0.6 is 12.4 Å². The van der Waals surface area contributed by atoms with Crippen LogP contribution in [0.1, 0.15) is 39.5 Å². The summed E-state index contributed by atoms with van der Waals surface area (Å²) in [5.74, 6) is 0.854. The van der Waals surface area contributed by atoms with Gasteiger partial charge in [-0.15, -0.1) is 12.4 Å². The van der Waals surface area contributed by atoms with Crippen LogP contribution in [0.15, 0.2) is 0 Å². The molecule has 2 fully saturated rings. The highest BCUT2D eigenvalue weighted by Crippen LogP contribution is 2.30. The molecule has 0 aromatic heterocycles. The first-order chi connectivity index (χ1) is 9.51. The predicted octanol–water partition coefficient (Wildman–Crippen LogP) is 1.17. The largest absolute Gasteiger partial charge is 0.356 e. The van der Waals surface area contributed by atoms with Crippen LogP contribution in [-0.2, 0) is 9.59 Å². The van der Waals surface area contributed by atoms with Crippen LogP contribution in [0.4, 0.5) is 0 Å². The highest BCUT2D eigenvalue weighted by molar-refractivity contribution is 5.85. The van der Waals surface area contributed by atoms with E-state index in [-0.39, 0.29) is 23.7 Å². The van der Waals surface area contributed by atoms with Crippen LogP contribution < -0.4 is 10.6 Å². The number of carbonyl (C=O) groups is 2. The van der Waals surface area contributed by atoms with Gasteiger partial charge < -0.3 is 15.5 Å². The van der Waals surface area contributed by atoms with E-state index in [0.29, 0.717) is 11.8 Å². The van der Waals surface area contributed by atoms with E-state index in [0.717, 1.165) is 58.4 Å². The minimum Gasteiger partial charge on any atom is -0.356 e. The number of likely N-dealkylation sites (tertiary alicyclic amines) is 1. The van der Waals surface area contributed by atoms with Gasteiger partial charge in [-0.05, 0) is 45.1 Å². The Labute approximate surface area is 133 Å². The quantitative estimate of drug-likeness (QED) is 0.821. The number of rotatable bonds is 3. The van der Waals surface area contributed by atoms with E-state index in [9.17, 15) is 9.59 Å². The van der Waals surface area contributed by atoms with Gasteiger partial charge >= 0.3 is 0 Å². The molecule has 0 aromatic carbocycles. The SMILES string of the molecule is CC(=O)NCC1CCN(C(=O)C2(C)CCCNC2)CC1.Cl. The third-order valence-electron chi connectivity index (χ3n) is 4.66. The zero-order valence-electron chi connectivity index (χ0n) is 13.1. The first-order valence-electron chi connectivity index (χ1n) is 7.76. The van der Waals surface area contributed by atoms with Gasteiger partial charge in [-0.25, -0.2) is 0 Å².